The van der Waals surface area contributed by atoms with E-state index in [1.807, 2.05) is 19.1 Å². The van der Waals surface area contributed by atoms with Gasteiger partial charge in [-0.15, -0.1) is 0 Å². The molecule has 0 fully saturated rings. The van der Waals surface area contributed by atoms with Gasteiger partial charge in [0.05, 0.1) is 47.7 Å². The van der Waals surface area contributed by atoms with Crippen molar-refractivity contribution in [2.24, 2.45) is 0 Å². The third kappa shape index (κ3) is 3.48. The Hall–Kier alpha value is -2.49. The van der Waals surface area contributed by atoms with Crippen LogP contribution in [0.25, 0.3) is 0 Å². The fraction of sp³-hybridized carbons (Fsp3) is 0.389. The van der Waals surface area contributed by atoms with Crippen molar-refractivity contribution < 1.29 is 22.7 Å². The number of aryl methyl sites for hydroxylation is 1. The standard InChI is InChI=1S/C18H17F3N4O2S/c1-10-5-12(14-3-4-15(27-2)28-14)23-13-8-25(17(26)16(10)13)11-6-22-24(7-11)9-18(19,20)21/h4-7,14H,3,8-9H2,1-2H3. The number of ether oxygens (including phenoxy) is 1. The molecule has 148 valence electrons. The van der Waals surface area contributed by atoms with E-state index >= 15 is 0 Å². The molecule has 0 aromatic carbocycles. The van der Waals surface area contributed by atoms with Gasteiger partial charge in [-0.25, -0.2) is 0 Å². The number of aromatic nitrogens is 3. The Kier molecular flexibility index (Phi) is 4.60. The van der Waals surface area contributed by atoms with Gasteiger partial charge in [-0.3, -0.25) is 19.4 Å². The van der Waals surface area contributed by atoms with Crippen LogP contribution in [-0.2, 0) is 17.8 Å². The SMILES string of the molecule is COC1=CCC(c2cc(C)c3c(n2)CN(c2cnn(CC(F)(F)F)c2)C3=O)S1. The number of fused-ring (bicyclic) bond motifs is 1. The number of carbonyl (C=O) groups is 1. The molecule has 0 N–H and O–H groups in total. The van der Waals surface area contributed by atoms with Gasteiger partial charge in [0.25, 0.3) is 5.91 Å². The van der Waals surface area contributed by atoms with Crippen LogP contribution < -0.4 is 4.90 Å². The normalized spacial score (nSPS) is 19.2. The number of halogens is 3. The summed E-state index contributed by atoms with van der Waals surface area (Å²) in [5.41, 5.74) is 3.14. The first-order valence-corrected chi connectivity index (χ1v) is 9.45. The minimum absolute atomic E-state index is 0.123. The molecule has 0 aliphatic carbocycles. The Balaban J connectivity index is 1.58. The summed E-state index contributed by atoms with van der Waals surface area (Å²) in [5, 5.41) is 4.69. The minimum Gasteiger partial charge on any atom is -0.491 e. The lowest BCUT2D eigenvalue weighted by Gasteiger charge is -2.12. The molecule has 0 bridgehead atoms. The van der Waals surface area contributed by atoms with Gasteiger partial charge in [0, 0.05) is 6.20 Å². The highest BCUT2D eigenvalue weighted by atomic mass is 32.2. The molecular formula is C18H17F3N4O2S. The number of hydrogen-bond donors (Lipinski definition) is 0. The smallest absolute Gasteiger partial charge is 0.408 e. The van der Waals surface area contributed by atoms with Crippen LogP contribution in [0.5, 0.6) is 0 Å². The van der Waals surface area contributed by atoms with Gasteiger partial charge < -0.3 is 4.74 Å². The summed E-state index contributed by atoms with van der Waals surface area (Å²) in [6, 6.07) is 1.90. The molecule has 2 aliphatic rings. The molecule has 0 saturated heterocycles. The summed E-state index contributed by atoms with van der Waals surface area (Å²) in [5.74, 6) is -0.270. The molecule has 4 heterocycles. The number of pyridine rings is 1. The highest BCUT2D eigenvalue weighted by Crippen LogP contribution is 2.44. The zero-order chi connectivity index (χ0) is 20.1. The Morgan fingerprint density at radius 1 is 1.39 bits per heavy atom. The second-order valence-electron chi connectivity index (χ2n) is 6.66. The predicted molar refractivity (Wildman–Crippen MR) is 97.8 cm³/mol. The first-order valence-electron chi connectivity index (χ1n) is 8.57. The van der Waals surface area contributed by atoms with E-state index in [-0.39, 0.29) is 17.7 Å². The van der Waals surface area contributed by atoms with Crippen LogP contribution in [-0.4, -0.2) is 34.0 Å². The third-order valence-electron chi connectivity index (χ3n) is 4.64. The Bertz CT molecular complexity index is 970. The average Bonchev–Trinajstić information content (AvgIpc) is 3.32. The monoisotopic (exact) mass is 410 g/mol. The van der Waals surface area contributed by atoms with Gasteiger partial charge in [0.15, 0.2) is 0 Å². The van der Waals surface area contributed by atoms with Gasteiger partial charge in [0.2, 0.25) is 0 Å². The summed E-state index contributed by atoms with van der Waals surface area (Å²) < 4.78 is 43.7. The molecule has 10 heteroatoms. The number of hydrogen-bond acceptors (Lipinski definition) is 5. The summed E-state index contributed by atoms with van der Waals surface area (Å²) in [6.07, 6.45) is 0.928. The Labute approximate surface area is 163 Å². The van der Waals surface area contributed by atoms with Gasteiger partial charge >= 0.3 is 6.18 Å². The summed E-state index contributed by atoms with van der Waals surface area (Å²) in [4.78, 5) is 18.9. The van der Waals surface area contributed by atoms with Crippen molar-refractivity contribution in [2.45, 2.75) is 37.9 Å². The molecule has 0 saturated carbocycles. The van der Waals surface area contributed by atoms with Crippen molar-refractivity contribution in [1.29, 1.82) is 0 Å². The lowest BCUT2D eigenvalue weighted by Crippen LogP contribution is -2.23. The number of anilines is 1. The number of amides is 1. The maximum Gasteiger partial charge on any atom is 0.408 e. The largest absolute Gasteiger partial charge is 0.491 e. The lowest BCUT2D eigenvalue weighted by molar-refractivity contribution is -0.142. The van der Waals surface area contributed by atoms with Crippen LogP contribution in [0.1, 0.15) is 39.0 Å². The van der Waals surface area contributed by atoms with E-state index in [0.29, 0.717) is 16.9 Å². The van der Waals surface area contributed by atoms with Gasteiger partial charge in [-0.2, -0.15) is 18.3 Å². The number of nitrogens with zero attached hydrogens (tertiary/aromatic N) is 4. The first-order chi connectivity index (χ1) is 13.2. The lowest BCUT2D eigenvalue weighted by atomic mass is 10.1. The van der Waals surface area contributed by atoms with Crippen molar-refractivity contribution in [3.63, 3.8) is 0 Å². The second-order valence-corrected chi connectivity index (χ2v) is 7.86. The molecule has 1 atom stereocenters. The number of thioether (sulfide) groups is 1. The summed E-state index contributed by atoms with van der Waals surface area (Å²) in [7, 11) is 1.62. The number of carbonyl (C=O) groups excluding carboxylic acids is 1. The molecule has 2 aliphatic heterocycles. The molecule has 1 amide bonds. The molecule has 0 radical (unpaired) electrons. The van der Waals surface area contributed by atoms with E-state index in [1.54, 1.807) is 18.9 Å². The van der Waals surface area contributed by atoms with Crippen molar-refractivity contribution in [3.05, 3.63) is 52.1 Å². The van der Waals surface area contributed by atoms with Crippen LogP contribution in [0.3, 0.4) is 0 Å². The van der Waals surface area contributed by atoms with Crippen molar-refractivity contribution in [2.75, 3.05) is 12.0 Å². The average molecular weight is 410 g/mol. The number of rotatable bonds is 4. The van der Waals surface area contributed by atoms with E-state index in [1.165, 1.54) is 17.3 Å². The first kappa shape index (κ1) is 18.9. The van der Waals surface area contributed by atoms with Gasteiger partial charge in [0.1, 0.15) is 11.6 Å². The highest BCUT2D eigenvalue weighted by Gasteiger charge is 2.35. The molecule has 2 aromatic heterocycles. The molecule has 4 rings (SSSR count). The quantitative estimate of drug-likeness (QED) is 0.763. The minimum atomic E-state index is -4.37. The fourth-order valence-electron chi connectivity index (χ4n) is 3.42. The van der Waals surface area contributed by atoms with E-state index < -0.39 is 12.7 Å². The van der Waals surface area contributed by atoms with Crippen LogP contribution >= 0.6 is 11.8 Å². The fourth-order valence-corrected chi connectivity index (χ4v) is 4.42. The number of alkyl halides is 3. The maximum atomic E-state index is 12.8. The number of methoxy groups -OCH3 is 1. The molecule has 6 nitrogen and oxygen atoms in total. The topological polar surface area (TPSA) is 60.2 Å². The van der Waals surface area contributed by atoms with Crippen molar-refractivity contribution in [3.8, 4) is 0 Å². The highest BCUT2D eigenvalue weighted by molar-refractivity contribution is 8.03. The van der Waals surface area contributed by atoms with E-state index in [2.05, 4.69) is 10.1 Å². The van der Waals surface area contributed by atoms with E-state index in [4.69, 9.17) is 4.74 Å². The summed E-state index contributed by atoms with van der Waals surface area (Å²) in [6.45, 7) is 0.864. The predicted octanol–water partition coefficient (Wildman–Crippen LogP) is 3.98. The second kappa shape index (κ2) is 6.84. The van der Waals surface area contributed by atoms with E-state index in [9.17, 15) is 18.0 Å². The van der Waals surface area contributed by atoms with Gasteiger partial charge in [-0.05, 0) is 31.1 Å². The van der Waals surface area contributed by atoms with E-state index in [0.717, 1.165) is 27.5 Å². The van der Waals surface area contributed by atoms with Crippen LogP contribution in [0.2, 0.25) is 0 Å². The molecular weight excluding hydrogens is 393 g/mol. The Morgan fingerprint density at radius 3 is 2.86 bits per heavy atom. The molecule has 0 spiro atoms. The Morgan fingerprint density at radius 2 is 2.18 bits per heavy atom. The number of allylic oxidation sites excluding steroid dienone is 1. The molecule has 28 heavy (non-hydrogen) atoms. The maximum absolute atomic E-state index is 12.8. The zero-order valence-corrected chi connectivity index (χ0v) is 16.0. The summed E-state index contributed by atoms with van der Waals surface area (Å²) >= 11 is 1.58. The van der Waals surface area contributed by atoms with Gasteiger partial charge in [-0.1, -0.05) is 11.8 Å². The van der Waals surface area contributed by atoms with Crippen molar-refractivity contribution >= 4 is 23.4 Å². The molecule has 1 unspecified atom stereocenters. The van der Waals surface area contributed by atoms with Crippen LogP contribution in [0, 0.1) is 6.92 Å². The van der Waals surface area contributed by atoms with Crippen molar-refractivity contribution in [1.82, 2.24) is 14.8 Å². The third-order valence-corrected chi connectivity index (χ3v) is 5.92. The van der Waals surface area contributed by atoms with Crippen LogP contribution in [0.15, 0.2) is 29.6 Å². The zero-order valence-electron chi connectivity index (χ0n) is 15.2. The van der Waals surface area contributed by atoms with Crippen LogP contribution in [0.4, 0.5) is 18.9 Å². The molecule has 2 aromatic rings.